The van der Waals surface area contributed by atoms with Crippen LogP contribution < -0.4 is 10.1 Å². The standard InChI is InChI=1S/C14H21BrN2O/c1-10(2)17-7-6-12(9-17)16-11-4-5-14(18-3)13(15)8-11/h4-5,8,10,12,16H,6-7,9H2,1-3H3. The van der Waals surface area contributed by atoms with E-state index in [0.29, 0.717) is 12.1 Å². The van der Waals surface area contributed by atoms with Gasteiger partial charge < -0.3 is 10.1 Å². The number of likely N-dealkylation sites (tertiary alicyclic amines) is 1. The van der Waals surface area contributed by atoms with Gasteiger partial charge in [0, 0.05) is 30.9 Å². The summed E-state index contributed by atoms with van der Waals surface area (Å²) >= 11 is 3.52. The molecule has 0 radical (unpaired) electrons. The summed E-state index contributed by atoms with van der Waals surface area (Å²) in [5.74, 6) is 0.871. The van der Waals surface area contributed by atoms with Crippen molar-refractivity contribution >= 4 is 21.6 Å². The number of hydrogen-bond donors (Lipinski definition) is 1. The maximum absolute atomic E-state index is 5.24. The van der Waals surface area contributed by atoms with Crippen LogP contribution in [-0.2, 0) is 0 Å². The molecule has 0 bridgehead atoms. The Labute approximate surface area is 118 Å². The molecular formula is C14H21BrN2O. The van der Waals surface area contributed by atoms with Gasteiger partial charge in [-0.15, -0.1) is 0 Å². The fourth-order valence-corrected chi connectivity index (χ4v) is 2.91. The molecule has 18 heavy (non-hydrogen) atoms. The number of nitrogens with zero attached hydrogens (tertiary/aromatic N) is 1. The molecule has 2 rings (SSSR count). The van der Waals surface area contributed by atoms with Crippen molar-refractivity contribution in [1.29, 1.82) is 0 Å². The SMILES string of the molecule is COc1ccc(NC2CCN(C(C)C)C2)cc1Br. The third-order valence-electron chi connectivity index (χ3n) is 3.47. The van der Waals surface area contributed by atoms with E-state index in [0.717, 1.165) is 22.5 Å². The van der Waals surface area contributed by atoms with Crippen LogP contribution in [0.3, 0.4) is 0 Å². The van der Waals surface area contributed by atoms with Crippen molar-refractivity contribution in [3.63, 3.8) is 0 Å². The summed E-state index contributed by atoms with van der Waals surface area (Å²) in [4.78, 5) is 2.51. The normalized spacial score (nSPS) is 20.4. The van der Waals surface area contributed by atoms with E-state index in [4.69, 9.17) is 4.74 Å². The Balaban J connectivity index is 1.96. The first kappa shape index (κ1) is 13.7. The molecule has 0 aliphatic carbocycles. The van der Waals surface area contributed by atoms with Crippen LogP contribution in [0.1, 0.15) is 20.3 Å². The van der Waals surface area contributed by atoms with Crippen molar-refractivity contribution in [3.8, 4) is 5.75 Å². The van der Waals surface area contributed by atoms with Crippen molar-refractivity contribution in [2.45, 2.75) is 32.4 Å². The third kappa shape index (κ3) is 3.18. The van der Waals surface area contributed by atoms with E-state index in [-0.39, 0.29) is 0 Å². The van der Waals surface area contributed by atoms with Crippen molar-refractivity contribution < 1.29 is 4.74 Å². The largest absolute Gasteiger partial charge is 0.496 e. The Morgan fingerprint density at radius 2 is 2.22 bits per heavy atom. The number of ether oxygens (including phenoxy) is 1. The summed E-state index contributed by atoms with van der Waals surface area (Å²) in [6.45, 7) is 6.83. The van der Waals surface area contributed by atoms with E-state index in [9.17, 15) is 0 Å². The van der Waals surface area contributed by atoms with Gasteiger partial charge in [-0.1, -0.05) is 0 Å². The van der Waals surface area contributed by atoms with Crippen LogP contribution in [0.4, 0.5) is 5.69 Å². The minimum atomic E-state index is 0.549. The molecule has 1 saturated heterocycles. The van der Waals surface area contributed by atoms with Gasteiger partial charge in [0.1, 0.15) is 5.75 Å². The van der Waals surface area contributed by atoms with Gasteiger partial charge >= 0.3 is 0 Å². The van der Waals surface area contributed by atoms with E-state index in [2.05, 4.69) is 52.1 Å². The Morgan fingerprint density at radius 1 is 1.44 bits per heavy atom. The molecule has 100 valence electrons. The molecule has 0 amide bonds. The minimum Gasteiger partial charge on any atom is -0.496 e. The molecule has 1 aliphatic heterocycles. The Morgan fingerprint density at radius 3 is 2.78 bits per heavy atom. The first-order valence-corrected chi connectivity index (χ1v) is 7.23. The van der Waals surface area contributed by atoms with Gasteiger partial charge in [-0.25, -0.2) is 0 Å². The fraction of sp³-hybridized carbons (Fsp3) is 0.571. The molecule has 1 unspecified atom stereocenters. The third-order valence-corrected chi connectivity index (χ3v) is 4.09. The Kier molecular flexibility index (Phi) is 4.51. The molecule has 1 aliphatic rings. The maximum Gasteiger partial charge on any atom is 0.133 e. The van der Waals surface area contributed by atoms with Gasteiger partial charge in [0.2, 0.25) is 0 Å². The predicted molar refractivity (Wildman–Crippen MR) is 79.4 cm³/mol. The first-order valence-electron chi connectivity index (χ1n) is 6.44. The summed E-state index contributed by atoms with van der Waals surface area (Å²) in [6, 6.07) is 7.33. The van der Waals surface area contributed by atoms with E-state index in [1.807, 2.05) is 6.07 Å². The highest BCUT2D eigenvalue weighted by atomic mass is 79.9. The van der Waals surface area contributed by atoms with Crippen LogP contribution in [0.5, 0.6) is 5.75 Å². The number of methoxy groups -OCH3 is 1. The van der Waals surface area contributed by atoms with Gasteiger partial charge in [-0.2, -0.15) is 0 Å². The van der Waals surface area contributed by atoms with Gasteiger partial charge in [0.15, 0.2) is 0 Å². The van der Waals surface area contributed by atoms with Crippen molar-refractivity contribution in [2.24, 2.45) is 0 Å². The molecule has 4 heteroatoms. The number of anilines is 1. The van der Waals surface area contributed by atoms with Crippen LogP contribution in [0.2, 0.25) is 0 Å². The molecule has 1 fully saturated rings. The van der Waals surface area contributed by atoms with Crippen molar-refractivity contribution in [1.82, 2.24) is 4.90 Å². The minimum absolute atomic E-state index is 0.549. The number of rotatable bonds is 4. The molecule has 3 nitrogen and oxygen atoms in total. The second-order valence-corrected chi connectivity index (χ2v) is 5.92. The molecule has 1 N–H and O–H groups in total. The lowest BCUT2D eigenvalue weighted by Crippen LogP contribution is -2.31. The Hall–Kier alpha value is -0.740. The molecule has 1 aromatic rings. The smallest absolute Gasteiger partial charge is 0.133 e. The predicted octanol–water partition coefficient (Wildman–Crippen LogP) is 3.35. The summed E-state index contributed by atoms with van der Waals surface area (Å²) in [5.41, 5.74) is 1.15. The molecule has 0 aromatic heterocycles. The summed E-state index contributed by atoms with van der Waals surface area (Å²) in [5, 5.41) is 3.59. The molecule has 1 heterocycles. The topological polar surface area (TPSA) is 24.5 Å². The second-order valence-electron chi connectivity index (χ2n) is 5.07. The zero-order valence-electron chi connectivity index (χ0n) is 11.2. The lowest BCUT2D eigenvalue weighted by atomic mass is 10.2. The number of benzene rings is 1. The van der Waals surface area contributed by atoms with E-state index >= 15 is 0 Å². The van der Waals surface area contributed by atoms with Gasteiger partial charge in [-0.05, 0) is 54.4 Å². The highest BCUT2D eigenvalue weighted by Gasteiger charge is 2.23. The van der Waals surface area contributed by atoms with Crippen molar-refractivity contribution in [2.75, 3.05) is 25.5 Å². The van der Waals surface area contributed by atoms with E-state index in [1.165, 1.54) is 13.0 Å². The van der Waals surface area contributed by atoms with Gasteiger partial charge in [0.05, 0.1) is 11.6 Å². The highest BCUT2D eigenvalue weighted by Crippen LogP contribution is 2.28. The van der Waals surface area contributed by atoms with Crippen LogP contribution >= 0.6 is 15.9 Å². The van der Waals surface area contributed by atoms with Crippen LogP contribution in [0, 0.1) is 0 Å². The van der Waals surface area contributed by atoms with Gasteiger partial charge in [0.25, 0.3) is 0 Å². The maximum atomic E-state index is 5.24. The van der Waals surface area contributed by atoms with Gasteiger partial charge in [-0.3, -0.25) is 4.90 Å². The second kappa shape index (κ2) is 5.93. The molecular weight excluding hydrogens is 292 g/mol. The summed E-state index contributed by atoms with van der Waals surface area (Å²) in [7, 11) is 1.69. The first-order chi connectivity index (χ1) is 8.60. The monoisotopic (exact) mass is 312 g/mol. The molecule has 0 spiro atoms. The van der Waals surface area contributed by atoms with Crippen LogP contribution in [0.25, 0.3) is 0 Å². The lowest BCUT2D eigenvalue weighted by molar-refractivity contribution is 0.274. The zero-order valence-corrected chi connectivity index (χ0v) is 12.8. The highest BCUT2D eigenvalue weighted by molar-refractivity contribution is 9.10. The van der Waals surface area contributed by atoms with Crippen LogP contribution in [-0.4, -0.2) is 37.2 Å². The fourth-order valence-electron chi connectivity index (χ4n) is 2.37. The average molecular weight is 313 g/mol. The molecule has 0 saturated carbocycles. The van der Waals surface area contributed by atoms with Crippen molar-refractivity contribution in [3.05, 3.63) is 22.7 Å². The average Bonchev–Trinajstić information content (AvgIpc) is 2.78. The van der Waals surface area contributed by atoms with E-state index in [1.54, 1.807) is 7.11 Å². The molecule has 1 aromatic carbocycles. The Bertz CT molecular complexity index is 409. The van der Waals surface area contributed by atoms with E-state index < -0.39 is 0 Å². The zero-order chi connectivity index (χ0) is 13.1. The number of hydrogen-bond acceptors (Lipinski definition) is 3. The summed E-state index contributed by atoms with van der Waals surface area (Å²) < 4.78 is 6.23. The number of halogens is 1. The number of nitrogens with one attached hydrogen (secondary N) is 1. The molecule has 1 atom stereocenters. The van der Waals surface area contributed by atoms with Crippen LogP contribution in [0.15, 0.2) is 22.7 Å². The quantitative estimate of drug-likeness (QED) is 0.922. The summed E-state index contributed by atoms with van der Waals surface area (Å²) in [6.07, 6.45) is 1.21. The lowest BCUT2D eigenvalue weighted by Gasteiger charge is -2.21.